The lowest BCUT2D eigenvalue weighted by Gasteiger charge is -2.37. The number of ether oxygens (including phenoxy) is 2. The van der Waals surface area contributed by atoms with Crippen molar-refractivity contribution in [3.05, 3.63) is 34.4 Å². The maximum Gasteiger partial charge on any atom is 0.292 e. The molecule has 10 heteroatoms. The topological polar surface area (TPSA) is 101 Å². The number of aliphatic imine (C=N–C) groups is 1. The fourth-order valence-corrected chi connectivity index (χ4v) is 3.47. The summed E-state index contributed by atoms with van der Waals surface area (Å²) >= 11 is 0. The highest BCUT2D eigenvalue weighted by atomic mass is 127. The van der Waals surface area contributed by atoms with Crippen LogP contribution in [0, 0.1) is 10.1 Å². The molecule has 0 aromatic heterocycles. The number of nitrogens with zero attached hydrogens (tertiary/aromatic N) is 3. The Balaban J connectivity index is 0.00000280. The molecule has 2 unspecified atom stereocenters. The van der Waals surface area contributed by atoms with Crippen LogP contribution >= 0.6 is 24.0 Å². The lowest BCUT2D eigenvalue weighted by Crippen LogP contribution is -2.53. The van der Waals surface area contributed by atoms with Crippen molar-refractivity contribution in [3.8, 4) is 0 Å². The first-order chi connectivity index (χ1) is 13.2. The van der Waals surface area contributed by atoms with Crippen LogP contribution < -0.4 is 10.6 Å². The van der Waals surface area contributed by atoms with Crippen LogP contribution in [0.25, 0.3) is 0 Å². The zero-order chi connectivity index (χ0) is 19.1. The Bertz CT molecular complexity index is 669. The monoisotopic (exact) mass is 505 g/mol. The molecule has 0 amide bonds. The predicted molar refractivity (Wildman–Crippen MR) is 119 cm³/mol. The first-order valence-corrected chi connectivity index (χ1v) is 9.35. The minimum absolute atomic E-state index is 0. The molecule has 1 aromatic rings. The third kappa shape index (κ3) is 5.92. The molecule has 0 saturated carbocycles. The molecule has 2 aliphatic heterocycles. The number of rotatable bonds is 6. The van der Waals surface area contributed by atoms with Gasteiger partial charge in [-0.3, -0.25) is 15.1 Å². The van der Waals surface area contributed by atoms with E-state index in [0.29, 0.717) is 25.4 Å². The van der Waals surface area contributed by atoms with E-state index < -0.39 is 0 Å². The van der Waals surface area contributed by atoms with Gasteiger partial charge in [0.25, 0.3) is 5.69 Å². The molecular weight excluding hydrogens is 477 g/mol. The fraction of sp³-hybridized carbons (Fsp3) is 0.611. The number of hydrogen-bond donors (Lipinski definition) is 2. The Morgan fingerprint density at radius 2 is 2.07 bits per heavy atom. The van der Waals surface area contributed by atoms with Gasteiger partial charge in [0.15, 0.2) is 5.96 Å². The molecule has 2 heterocycles. The quantitative estimate of drug-likeness (QED) is 0.153. The molecule has 28 heavy (non-hydrogen) atoms. The Labute approximate surface area is 182 Å². The van der Waals surface area contributed by atoms with Gasteiger partial charge in [0.05, 0.1) is 17.6 Å². The molecule has 0 spiro atoms. The summed E-state index contributed by atoms with van der Waals surface area (Å²) in [4.78, 5) is 17.2. The van der Waals surface area contributed by atoms with E-state index in [1.807, 2.05) is 0 Å². The van der Waals surface area contributed by atoms with Crippen molar-refractivity contribution in [2.75, 3.05) is 51.8 Å². The van der Waals surface area contributed by atoms with Crippen molar-refractivity contribution in [2.24, 2.45) is 4.99 Å². The van der Waals surface area contributed by atoms with Crippen LogP contribution in [0.15, 0.2) is 29.3 Å². The van der Waals surface area contributed by atoms with Crippen LogP contribution in [0.2, 0.25) is 0 Å². The lowest BCUT2D eigenvalue weighted by atomic mass is 10.1. The Kier molecular flexibility index (Phi) is 9.19. The lowest BCUT2D eigenvalue weighted by molar-refractivity contribution is -0.384. The van der Waals surface area contributed by atoms with E-state index in [4.69, 9.17) is 9.47 Å². The van der Waals surface area contributed by atoms with Crippen molar-refractivity contribution < 1.29 is 14.4 Å². The molecule has 0 bridgehead atoms. The molecule has 2 atom stereocenters. The maximum absolute atomic E-state index is 11.1. The standard InChI is InChI=1S/C18H27N5O4.HI/c1-19-18(22-10-12-27-17(13-22)16-7-4-11-26-16)21-9-8-20-14-5-2-3-6-15(14)23(24)25;/h2-3,5-6,16-17,20H,4,7-13H2,1H3,(H,19,21);1H. The molecular formula is C18H28IN5O4. The molecule has 0 radical (unpaired) electrons. The van der Waals surface area contributed by atoms with Gasteiger partial charge in [-0.15, -0.1) is 24.0 Å². The molecule has 2 aliphatic rings. The van der Waals surface area contributed by atoms with Crippen LogP contribution in [0.5, 0.6) is 0 Å². The molecule has 2 saturated heterocycles. The van der Waals surface area contributed by atoms with E-state index in [1.54, 1.807) is 25.2 Å². The van der Waals surface area contributed by atoms with Gasteiger partial charge in [0.2, 0.25) is 0 Å². The largest absolute Gasteiger partial charge is 0.378 e. The summed E-state index contributed by atoms with van der Waals surface area (Å²) in [6.07, 6.45) is 2.38. The highest BCUT2D eigenvalue weighted by Gasteiger charge is 2.32. The summed E-state index contributed by atoms with van der Waals surface area (Å²) in [5.74, 6) is 0.811. The molecule has 1 aromatic carbocycles. The normalized spacial score (nSPS) is 22.5. The van der Waals surface area contributed by atoms with Crippen LogP contribution in [-0.2, 0) is 9.47 Å². The smallest absolute Gasteiger partial charge is 0.292 e. The number of benzene rings is 1. The molecule has 0 aliphatic carbocycles. The van der Waals surface area contributed by atoms with Gasteiger partial charge < -0.3 is 25.0 Å². The van der Waals surface area contributed by atoms with Crippen molar-refractivity contribution in [1.82, 2.24) is 10.2 Å². The number of morpholine rings is 1. The second-order valence-corrected chi connectivity index (χ2v) is 6.58. The zero-order valence-electron chi connectivity index (χ0n) is 16.0. The molecule has 156 valence electrons. The van der Waals surface area contributed by atoms with Crippen molar-refractivity contribution in [1.29, 1.82) is 0 Å². The number of hydrogen-bond acceptors (Lipinski definition) is 6. The van der Waals surface area contributed by atoms with Gasteiger partial charge in [-0.25, -0.2) is 0 Å². The average Bonchev–Trinajstić information content (AvgIpc) is 3.23. The van der Waals surface area contributed by atoms with Gasteiger partial charge in [-0.1, -0.05) is 12.1 Å². The van der Waals surface area contributed by atoms with Gasteiger partial charge in [-0.05, 0) is 18.9 Å². The average molecular weight is 505 g/mol. The summed E-state index contributed by atoms with van der Waals surface area (Å²) in [5, 5.41) is 17.5. The Morgan fingerprint density at radius 3 is 2.79 bits per heavy atom. The van der Waals surface area contributed by atoms with Gasteiger partial charge in [-0.2, -0.15) is 0 Å². The molecule has 2 N–H and O–H groups in total. The van der Waals surface area contributed by atoms with E-state index >= 15 is 0 Å². The SMILES string of the molecule is CN=C(NCCNc1ccccc1[N+](=O)[O-])N1CCOC(C2CCCO2)C1.I. The summed E-state index contributed by atoms with van der Waals surface area (Å²) in [7, 11) is 1.76. The van der Waals surface area contributed by atoms with Crippen molar-refractivity contribution in [3.63, 3.8) is 0 Å². The van der Waals surface area contributed by atoms with E-state index in [0.717, 1.165) is 38.5 Å². The van der Waals surface area contributed by atoms with E-state index in [1.165, 1.54) is 6.07 Å². The number of para-hydroxylation sites is 2. The number of halogens is 1. The number of guanidine groups is 1. The third-order valence-electron chi connectivity index (χ3n) is 4.81. The van der Waals surface area contributed by atoms with Gasteiger partial charge in [0.1, 0.15) is 11.8 Å². The third-order valence-corrected chi connectivity index (χ3v) is 4.81. The minimum atomic E-state index is -0.381. The number of nitrogens with one attached hydrogen (secondary N) is 2. The maximum atomic E-state index is 11.1. The highest BCUT2D eigenvalue weighted by Crippen LogP contribution is 2.23. The summed E-state index contributed by atoms with van der Waals surface area (Å²) in [5.41, 5.74) is 0.596. The molecule has 3 rings (SSSR count). The van der Waals surface area contributed by atoms with Crippen LogP contribution in [-0.4, -0.2) is 74.4 Å². The summed E-state index contributed by atoms with van der Waals surface area (Å²) < 4.78 is 11.6. The summed E-state index contributed by atoms with van der Waals surface area (Å²) in [6, 6.07) is 6.64. The Morgan fingerprint density at radius 1 is 1.29 bits per heavy atom. The fourth-order valence-electron chi connectivity index (χ4n) is 3.47. The second kappa shape index (κ2) is 11.4. The van der Waals surface area contributed by atoms with E-state index in [9.17, 15) is 10.1 Å². The molecule has 2 fully saturated rings. The van der Waals surface area contributed by atoms with Crippen LogP contribution in [0.3, 0.4) is 0 Å². The Hall–Kier alpha value is -1.66. The van der Waals surface area contributed by atoms with Crippen molar-refractivity contribution >= 4 is 41.3 Å². The van der Waals surface area contributed by atoms with Gasteiger partial charge >= 0.3 is 0 Å². The first kappa shape index (κ1) is 22.6. The van der Waals surface area contributed by atoms with Gasteiger partial charge in [0, 0.05) is 45.9 Å². The molecule has 9 nitrogen and oxygen atoms in total. The van der Waals surface area contributed by atoms with E-state index in [2.05, 4.69) is 20.5 Å². The summed E-state index contributed by atoms with van der Waals surface area (Å²) in [6.45, 7) is 4.14. The van der Waals surface area contributed by atoms with Crippen LogP contribution in [0.1, 0.15) is 12.8 Å². The first-order valence-electron chi connectivity index (χ1n) is 9.35. The zero-order valence-corrected chi connectivity index (χ0v) is 18.3. The number of nitro groups is 1. The highest BCUT2D eigenvalue weighted by molar-refractivity contribution is 14.0. The number of anilines is 1. The van der Waals surface area contributed by atoms with E-state index in [-0.39, 0.29) is 46.8 Å². The minimum Gasteiger partial charge on any atom is -0.378 e. The predicted octanol–water partition coefficient (Wildman–Crippen LogP) is 2.08. The van der Waals surface area contributed by atoms with Crippen LogP contribution in [0.4, 0.5) is 11.4 Å². The number of nitro benzene ring substituents is 1. The van der Waals surface area contributed by atoms with Crippen molar-refractivity contribution in [2.45, 2.75) is 25.0 Å². The second-order valence-electron chi connectivity index (χ2n) is 6.58.